The van der Waals surface area contributed by atoms with Crippen molar-refractivity contribution in [2.45, 2.75) is 24.8 Å². The maximum atomic E-state index is 12.8. The van der Waals surface area contributed by atoms with Gasteiger partial charge in [-0.15, -0.1) is 0 Å². The molecule has 1 aliphatic rings. The Balaban J connectivity index is 1.45. The molecule has 1 fully saturated rings. The van der Waals surface area contributed by atoms with Crippen LogP contribution in [0.2, 0.25) is 0 Å². The van der Waals surface area contributed by atoms with E-state index in [4.69, 9.17) is 9.26 Å². The van der Waals surface area contributed by atoms with E-state index >= 15 is 0 Å². The summed E-state index contributed by atoms with van der Waals surface area (Å²) in [5.41, 5.74) is 3.14. The smallest absolute Gasteiger partial charge is 0.273 e. The first kappa shape index (κ1) is 24.1. The van der Waals surface area contributed by atoms with Crippen LogP contribution in [0.3, 0.4) is 0 Å². The van der Waals surface area contributed by atoms with Gasteiger partial charge in [-0.3, -0.25) is 9.69 Å². The predicted octanol–water partition coefficient (Wildman–Crippen LogP) is 3.25. The molecule has 1 aromatic heterocycles. The summed E-state index contributed by atoms with van der Waals surface area (Å²) in [6.07, 6.45) is 0. The van der Waals surface area contributed by atoms with Gasteiger partial charge in [-0.25, -0.2) is 8.42 Å². The second-order valence-electron chi connectivity index (χ2n) is 8.29. The third kappa shape index (κ3) is 5.55. The van der Waals surface area contributed by atoms with Crippen LogP contribution in [-0.2, 0) is 14.6 Å². The average molecular weight is 484 g/mol. The predicted molar refractivity (Wildman–Crippen MR) is 128 cm³/mol. The van der Waals surface area contributed by atoms with Crippen LogP contribution >= 0.6 is 0 Å². The summed E-state index contributed by atoms with van der Waals surface area (Å²) in [7, 11) is -3.28. The van der Waals surface area contributed by atoms with E-state index in [-0.39, 0.29) is 28.3 Å². The molecular formula is C25H29N3O5S. The number of amides is 1. The first-order chi connectivity index (χ1) is 16.4. The zero-order chi connectivity index (χ0) is 24.1. The van der Waals surface area contributed by atoms with Gasteiger partial charge in [0.15, 0.2) is 21.3 Å². The molecule has 1 atom stereocenters. The van der Waals surface area contributed by atoms with Crippen molar-refractivity contribution in [1.29, 1.82) is 0 Å². The van der Waals surface area contributed by atoms with E-state index in [1.54, 1.807) is 25.1 Å². The summed E-state index contributed by atoms with van der Waals surface area (Å²) in [5, 5.41) is 6.90. The molecule has 0 bridgehead atoms. The summed E-state index contributed by atoms with van der Waals surface area (Å²) in [6.45, 7) is 7.01. The van der Waals surface area contributed by atoms with E-state index in [0.29, 0.717) is 31.1 Å². The molecule has 180 valence electrons. The van der Waals surface area contributed by atoms with Gasteiger partial charge in [-0.2, -0.15) is 0 Å². The molecular weight excluding hydrogens is 454 g/mol. The molecule has 0 radical (unpaired) electrons. The number of benzene rings is 2. The fourth-order valence-electron chi connectivity index (χ4n) is 3.93. The van der Waals surface area contributed by atoms with Crippen molar-refractivity contribution in [3.8, 4) is 11.3 Å². The minimum Gasteiger partial charge on any atom is -0.379 e. The third-order valence-corrected chi connectivity index (χ3v) is 7.78. The van der Waals surface area contributed by atoms with E-state index in [1.807, 2.05) is 6.92 Å². The van der Waals surface area contributed by atoms with Gasteiger partial charge in [0.25, 0.3) is 5.91 Å². The molecule has 1 saturated heterocycles. The Morgan fingerprint density at radius 1 is 1.09 bits per heavy atom. The number of rotatable bonds is 8. The minimum absolute atomic E-state index is 0.0212. The number of morpholine rings is 1. The molecule has 1 N–H and O–H groups in total. The van der Waals surface area contributed by atoms with E-state index in [0.717, 1.165) is 18.7 Å². The number of carbonyl (C=O) groups excluding carboxylic acids is 1. The normalized spacial score (nSPS) is 15.7. The van der Waals surface area contributed by atoms with E-state index in [9.17, 15) is 13.2 Å². The van der Waals surface area contributed by atoms with Crippen LogP contribution in [0.15, 0.2) is 64.0 Å². The van der Waals surface area contributed by atoms with Gasteiger partial charge >= 0.3 is 0 Å². The number of aryl methyl sites for hydroxylation is 1. The maximum absolute atomic E-state index is 12.8. The van der Waals surface area contributed by atoms with Crippen molar-refractivity contribution in [3.63, 3.8) is 0 Å². The lowest BCUT2D eigenvalue weighted by Crippen LogP contribution is -2.43. The van der Waals surface area contributed by atoms with Gasteiger partial charge < -0.3 is 14.6 Å². The van der Waals surface area contributed by atoms with E-state index < -0.39 is 9.84 Å². The van der Waals surface area contributed by atoms with Gasteiger partial charge in [-0.1, -0.05) is 41.9 Å². The Morgan fingerprint density at radius 2 is 1.76 bits per heavy atom. The summed E-state index contributed by atoms with van der Waals surface area (Å²) in [6, 6.07) is 16.3. The van der Waals surface area contributed by atoms with Crippen LogP contribution in [0, 0.1) is 6.92 Å². The first-order valence-electron chi connectivity index (χ1n) is 11.3. The lowest BCUT2D eigenvalue weighted by Gasteiger charge is -2.35. The number of hydrogen-bond acceptors (Lipinski definition) is 7. The molecule has 34 heavy (non-hydrogen) atoms. The van der Waals surface area contributed by atoms with Crippen LogP contribution in [0.5, 0.6) is 0 Å². The molecule has 1 unspecified atom stereocenters. The summed E-state index contributed by atoms with van der Waals surface area (Å²) in [5.74, 6) is 0.104. The molecule has 1 aliphatic heterocycles. The number of hydrogen-bond donors (Lipinski definition) is 1. The van der Waals surface area contributed by atoms with Crippen molar-refractivity contribution in [2.24, 2.45) is 0 Å². The fourth-order valence-corrected chi connectivity index (χ4v) is 4.81. The molecule has 1 amide bonds. The number of aromatic nitrogens is 1. The second kappa shape index (κ2) is 10.5. The lowest BCUT2D eigenvalue weighted by molar-refractivity contribution is 0.0162. The van der Waals surface area contributed by atoms with Crippen molar-refractivity contribution >= 4 is 15.7 Å². The Hall–Kier alpha value is -3.01. The summed E-state index contributed by atoms with van der Waals surface area (Å²) in [4.78, 5) is 15.4. The van der Waals surface area contributed by atoms with Gasteiger partial charge in [-0.05, 0) is 36.8 Å². The largest absolute Gasteiger partial charge is 0.379 e. The van der Waals surface area contributed by atoms with Crippen molar-refractivity contribution < 1.29 is 22.5 Å². The Labute approximate surface area is 199 Å². The highest BCUT2D eigenvalue weighted by Crippen LogP contribution is 2.24. The number of carbonyl (C=O) groups is 1. The number of nitrogens with zero attached hydrogens (tertiary/aromatic N) is 2. The summed E-state index contributed by atoms with van der Waals surface area (Å²) < 4.78 is 34.9. The highest BCUT2D eigenvalue weighted by atomic mass is 32.2. The molecule has 9 heteroatoms. The zero-order valence-corrected chi connectivity index (χ0v) is 20.2. The molecule has 3 aromatic rings. The van der Waals surface area contributed by atoms with E-state index in [1.165, 1.54) is 17.7 Å². The molecule has 0 spiro atoms. The first-order valence-corrected chi connectivity index (χ1v) is 13.0. The topological polar surface area (TPSA) is 102 Å². The number of sulfone groups is 1. The highest BCUT2D eigenvalue weighted by Gasteiger charge is 2.24. The van der Waals surface area contributed by atoms with Crippen LogP contribution in [0.4, 0.5) is 0 Å². The number of nitrogens with one attached hydrogen (secondary N) is 1. The Bertz CT molecular complexity index is 1210. The van der Waals surface area contributed by atoms with Crippen molar-refractivity contribution in [1.82, 2.24) is 15.4 Å². The van der Waals surface area contributed by atoms with Gasteiger partial charge in [0.05, 0.1) is 29.9 Å². The minimum atomic E-state index is -3.28. The molecule has 2 heterocycles. The molecule has 0 aliphatic carbocycles. The average Bonchev–Trinajstić information content (AvgIpc) is 3.36. The lowest BCUT2D eigenvalue weighted by atomic mass is 10.0. The molecule has 0 saturated carbocycles. The standard InChI is InChI=1S/C25H29N3O5S/c1-3-34(30,31)21-10-8-20(9-11-21)24-16-22(27-33-24)25(29)26-17-23(28-12-14-32-15-13-28)19-6-4-18(2)5-7-19/h4-11,16,23H,3,12-15,17H2,1-2H3,(H,26,29). The number of ether oxygens (including phenoxy) is 1. The van der Waals surface area contributed by atoms with Crippen molar-refractivity contribution in [3.05, 3.63) is 71.4 Å². The van der Waals surface area contributed by atoms with Gasteiger partial charge in [0, 0.05) is 31.3 Å². The zero-order valence-electron chi connectivity index (χ0n) is 19.4. The SMILES string of the molecule is CCS(=O)(=O)c1ccc(-c2cc(C(=O)NCC(c3ccc(C)cc3)N3CCOCC3)no2)cc1. The van der Waals surface area contributed by atoms with Crippen LogP contribution < -0.4 is 5.32 Å². The van der Waals surface area contributed by atoms with Crippen LogP contribution in [0.1, 0.15) is 34.6 Å². The third-order valence-electron chi connectivity index (χ3n) is 6.03. The quantitative estimate of drug-likeness (QED) is 0.525. The molecule has 4 rings (SSSR count). The van der Waals surface area contributed by atoms with Gasteiger partial charge in [0.1, 0.15) is 0 Å². The van der Waals surface area contributed by atoms with Crippen LogP contribution in [0.25, 0.3) is 11.3 Å². The maximum Gasteiger partial charge on any atom is 0.273 e. The van der Waals surface area contributed by atoms with Gasteiger partial charge in [0.2, 0.25) is 0 Å². The molecule has 8 nitrogen and oxygen atoms in total. The highest BCUT2D eigenvalue weighted by molar-refractivity contribution is 7.91. The van der Waals surface area contributed by atoms with Crippen molar-refractivity contribution in [2.75, 3.05) is 38.6 Å². The van der Waals surface area contributed by atoms with Crippen LogP contribution in [-0.4, -0.2) is 63.0 Å². The van der Waals surface area contributed by atoms with E-state index in [2.05, 4.69) is 39.6 Å². The summed E-state index contributed by atoms with van der Waals surface area (Å²) >= 11 is 0. The Morgan fingerprint density at radius 3 is 2.41 bits per heavy atom. The fraction of sp³-hybridized carbons (Fsp3) is 0.360. The Kier molecular flexibility index (Phi) is 7.45. The second-order valence-corrected chi connectivity index (χ2v) is 10.6. The monoisotopic (exact) mass is 483 g/mol. The molecule has 2 aromatic carbocycles.